The quantitative estimate of drug-likeness (QED) is 0.833. The average molecular weight is 302 g/mol. The number of methoxy groups -OCH3 is 1. The second kappa shape index (κ2) is 7.11. The van der Waals surface area contributed by atoms with Gasteiger partial charge in [0.05, 0.1) is 18.4 Å². The van der Waals surface area contributed by atoms with Crippen LogP contribution in [-0.4, -0.2) is 24.7 Å². The first-order valence-corrected chi connectivity index (χ1v) is 7.38. The van der Waals surface area contributed by atoms with Crippen LogP contribution in [0.3, 0.4) is 0 Å². The molecule has 22 heavy (non-hydrogen) atoms. The van der Waals surface area contributed by atoms with Crippen molar-refractivity contribution in [2.24, 2.45) is 0 Å². The molecule has 0 saturated carbocycles. The van der Waals surface area contributed by atoms with Crippen LogP contribution in [0, 0.1) is 20.8 Å². The molecule has 0 unspecified atom stereocenters. The fraction of sp³-hybridized carbons (Fsp3) is 0.412. The Morgan fingerprint density at radius 2 is 2.09 bits per heavy atom. The van der Waals surface area contributed by atoms with Crippen molar-refractivity contribution in [2.45, 2.75) is 33.6 Å². The predicted octanol–water partition coefficient (Wildman–Crippen LogP) is 2.97. The molecule has 0 atom stereocenters. The standard InChI is InChI=1S/C17H22N2O3/c1-11-7-5-9-15(21-4)16(11)17(20)18-10-6-8-14-12(2)19-22-13(14)3/h5,7,9H,6,8,10H2,1-4H3,(H,18,20). The van der Waals surface area contributed by atoms with Gasteiger partial charge in [0, 0.05) is 12.1 Å². The lowest BCUT2D eigenvalue weighted by Gasteiger charge is -2.11. The zero-order chi connectivity index (χ0) is 16.1. The van der Waals surface area contributed by atoms with Crippen molar-refractivity contribution in [3.8, 4) is 5.75 Å². The molecule has 118 valence electrons. The van der Waals surface area contributed by atoms with E-state index in [4.69, 9.17) is 9.26 Å². The Bertz CT molecular complexity index is 642. The smallest absolute Gasteiger partial charge is 0.255 e. The number of nitrogens with one attached hydrogen (secondary N) is 1. The lowest BCUT2D eigenvalue weighted by Crippen LogP contribution is -2.26. The molecule has 2 rings (SSSR count). The third-order valence-corrected chi connectivity index (χ3v) is 3.75. The van der Waals surface area contributed by atoms with Gasteiger partial charge in [0.1, 0.15) is 11.5 Å². The normalized spacial score (nSPS) is 10.5. The maximum absolute atomic E-state index is 12.3. The molecular formula is C17H22N2O3. The van der Waals surface area contributed by atoms with Gasteiger partial charge in [-0.05, 0) is 45.2 Å². The highest BCUT2D eigenvalue weighted by molar-refractivity contribution is 5.98. The highest BCUT2D eigenvalue weighted by Gasteiger charge is 2.14. The topological polar surface area (TPSA) is 64.4 Å². The van der Waals surface area contributed by atoms with Crippen molar-refractivity contribution in [3.63, 3.8) is 0 Å². The Labute approximate surface area is 130 Å². The minimum Gasteiger partial charge on any atom is -0.496 e. The predicted molar refractivity (Wildman–Crippen MR) is 84.4 cm³/mol. The van der Waals surface area contributed by atoms with Gasteiger partial charge < -0.3 is 14.6 Å². The van der Waals surface area contributed by atoms with E-state index in [2.05, 4.69) is 10.5 Å². The van der Waals surface area contributed by atoms with Crippen molar-refractivity contribution >= 4 is 5.91 Å². The van der Waals surface area contributed by atoms with E-state index in [9.17, 15) is 4.79 Å². The second-order valence-electron chi connectivity index (χ2n) is 5.31. The molecule has 1 aromatic carbocycles. The van der Waals surface area contributed by atoms with Crippen LogP contribution in [0.15, 0.2) is 22.7 Å². The molecule has 1 heterocycles. The molecule has 1 N–H and O–H groups in total. The van der Waals surface area contributed by atoms with E-state index in [1.54, 1.807) is 13.2 Å². The van der Waals surface area contributed by atoms with Crippen molar-refractivity contribution in [3.05, 3.63) is 46.3 Å². The lowest BCUT2D eigenvalue weighted by molar-refractivity contribution is 0.0949. The van der Waals surface area contributed by atoms with Crippen molar-refractivity contribution < 1.29 is 14.1 Å². The van der Waals surface area contributed by atoms with Crippen molar-refractivity contribution in [1.82, 2.24) is 10.5 Å². The molecule has 2 aromatic rings. The van der Waals surface area contributed by atoms with Crippen LogP contribution in [0.5, 0.6) is 5.75 Å². The van der Waals surface area contributed by atoms with E-state index in [1.807, 2.05) is 32.9 Å². The number of rotatable bonds is 6. The molecule has 0 aliphatic carbocycles. The number of carbonyl (C=O) groups excluding carboxylic acids is 1. The van der Waals surface area contributed by atoms with Gasteiger partial charge in [-0.15, -0.1) is 0 Å². The summed E-state index contributed by atoms with van der Waals surface area (Å²) >= 11 is 0. The number of carbonyl (C=O) groups is 1. The van der Waals surface area contributed by atoms with Gasteiger partial charge in [-0.2, -0.15) is 0 Å². The summed E-state index contributed by atoms with van der Waals surface area (Å²) in [4.78, 5) is 12.3. The third kappa shape index (κ3) is 3.47. The molecule has 0 bridgehead atoms. The van der Waals surface area contributed by atoms with Gasteiger partial charge in [-0.1, -0.05) is 17.3 Å². The summed E-state index contributed by atoms with van der Waals surface area (Å²) < 4.78 is 10.4. The number of benzene rings is 1. The maximum atomic E-state index is 12.3. The van der Waals surface area contributed by atoms with E-state index in [0.717, 1.165) is 35.4 Å². The third-order valence-electron chi connectivity index (χ3n) is 3.75. The molecule has 0 saturated heterocycles. The average Bonchev–Trinajstić information content (AvgIpc) is 2.82. The highest BCUT2D eigenvalue weighted by Crippen LogP contribution is 2.21. The van der Waals surface area contributed by atoms with Gasteiger partial charge in [0.15, 0.2) is 0 Å². The number of hydrogen-bond donors (Lipinski definition) is 1. The van der Waals surface area contributed by atoms with Crippen LogP contribution in [0.25, 0.3) is 0 Å². The fourth-order valence-corrected chi connectivity index (χ4v) is 2.52. The number of nitrogens with zero attached hydrogens (tertiary/aromatic N) is 1. The van der Waals surface area contributed by atoms with Gasteiger partial charge in [-0.25, -0.2) is 0 Å². The maximum Gasteiger partial charge on any atom is 0.255 e. The van der Waals surface area contributed by atoms with E-state index < -0.39 is 0 Å². The molecule has 0 fully saturated rings. The van der Waals surface area contributed by atoms with E-state index >= 15 is 0 Å². The van der Waals surface area contributed by atoms with E-state index in [1.165, 1.54) is 0 Å². The SMILES string of the molecule is COc1cccc(C)c1C(=O)NCCCc1c(C)noc1C. The van der Waals surface area contributed by atoms with E-state index in [-0.39, 0.29) is 5.91 Å². The number of amides is 1. The molecule has 1 amide bonds. The number of aryl methyl sites for hydroxylation is 3. The Balaban J connectivity index is 1.91. The molecule has 5 nitrogen and oxygen atoms in total. The summed E-state index contributed by atoms with van der Waals surface area (Å²) in [6, 6.07) is 5.58. The first kappa shape index (κ1) is 16.1. The second-order valence-corrected chi connectivity index (χ2v) is 5.31. The highest BCUT2D eigenvalue weighted by atomic mass is 16.5. The minimum absolute atomic E-state index is 0.103. The summed E-state index contributed by atoms with van der Waals surface area (Å²) in [5, 5.41) is 6.88. The summed E-state index contributed by atoms with van der Waals surface area (Å²) in [5.74, 6) is 1.35. The first-order valence-electron chi connectivity index (χ1n) is 7.38. The van der Waals surface area contributed by atoms with Gasteiger partial charge >= 0.3 is 0 Å². The Hall–Kier alpha value is -2.30. The summed E-state index contributed by atoms with van der Waals surface area (Å²) in [7, 11) is 1.57. The zero-order valence-corrected chi connectivity index (χ0v) is 13.5. The van der Waals surface area contributed by atoms with Crippen LogP contribution in [0.1, 0.15) is 39.4 Å². The fourth-order valence-electron chi connectivity index (χ4n) is 2.52. The first-order chi connectivity index (χ1) is 10.5. The van der Waals surface area contributed by atoms with Crippen molar-refractivity contribution in [2.75, 3.05) is 13.7 Å². The van der Waals surface area contributed by atoms with Crippen molar-refractivity contribution in [1.29, 1.82) is 0 Å². The van der Waals surface area contributed by atoms with Gasteiger partial charge in [-0.3, -0.25) is 4.79 Å². The number of ether oxygens (including phenoxy) is 1. The Morgan fingerprint density at radius 3 is 2.73 bits per heavy atom. The monoisotopic (exact) mass is 302 g/mol. The molecule has 5 heteroatoms. The molecule has 1 aromatic heterocycles. The largest absolute Gasteiger partial charge is 0.496 e. The Kier molecular flexibility index (Phi) is 5.20. The molecule has 0 aliphatic heterocycles. The summed E-state index contributed by atoms with van der Waals surface area (Å²) in [6.45, 7) is 6.34. The number of aromatic nitrogens is 1. The molecule has 0 aliphatic rings. The van der Waals surface area contributed by atoms with Crippen LogP contribution in [0.2, 0.25) is 0 Å². The van der Waals surface area contributed by atoms with E-state index in [0.29, 0.717) is 17.9 Å². The summed E-state index contributed by atoms with van der Waals surface area (Å²) in [6.07, 6.45) is 1.68. The summed E-state index contributed by atoms with van der Waals surface area (Å²) in [5.41, 5.74) is 3.55. The molecule has 0 spiro atoms. The van der Waals surface area contributed by atoms with Crippen LogP contribution in [-0.2, 0) is 6.42 Å². The van der Waals surface area contributed by atoms with Crippen LogP contribution >= 0.6 is 0 Å². The Morgan fingerprint density at radius 1 is 1.32 bits per heavy atom. The molecule has 0 radical (unpaired) electrons. The zero-order valence-electron chi connectivity index (χ0n) is 13.5. The van der Waals surface area contributed by atoms with Gasteiger partial charge in [0.2, 0.25) is 0 Å². The minimum atomic E-state index is -0.103. The number of hydrogen-bond acceptors (Lipinski definition) is 4. The van der Waals surface area contributed by atoms with Crippen LogP contribution in [0.4, 0.5) is 0 Å². The lowest BCUT2D eigenvalue weighted by atomic mass is 10.1. The van der Waals surface area contributed by atoms with Crippen LogP contribution < -0.4 is 10.1 Å². The molecular weight excluding hydrogens is 280 g/mol. The van der Waals surface area contributed by atoms with Gasteiger partial charge in [0.25, 0.3) is 5.91 Å².